The number of rotatable bonds is 5. The van der Waals surface area contributed by atoms with Crippen LogP contribution in [-0.4, -0.2) is 24.3 Å². The number of aliphatic hydroxyl groups is 1. The third kappa shape index (κ3) is 3.74. The molecule has 1 unspecified atom stereocenters. The van der Waals surface area contributed by atoms with Gasteiger partial charge in [-0.3, -0.25) is 0 Å². The lowest BCUT2D eigenvalue weighted by molar-refractivity contribution is 0.0512. The number of nitrogens with one attached hydrogen (secondary N) is 1. The van der Waals surface area contributed by atoms with Crippen molar-refractivity contribution >= 4 is 11.6 Å². The van der Waals surface area contributed by atoms with Crippen LogP contribution in [0.5, 0.6) is 0 Å². The highest BCUT2D eigenvalue weighted by molar-refractivity contribution is 6.31. The zero-order valence-corrected chi connectivity index (χ0v) is 10.3. The van der Waals surface area contributed by atoms with Gasteiger partial charge in [-0.05, 0) is 39.1 Å². The normalized spacial score (nSPS) is 14.8. The molecule has 0 saturated heterocycles. The summed E-state index contributed by atoms with van der Waals surface area (Å²) < 4.78 is 13.5. The molecule has 2 nitrogen and oxygen atoms in total. The fourth-order valence-corrected chi connectivity index (χ4v) is 1.79. The molecule has 4 heteroatoms. The van der Waals surface area contributed by atoms with E-state index >= 15 is 0 Å². The van der Waals surface area contributed by atoms with Crippen LogP contribution in [0.25, 0.3) is 0 Å². The van der Waals surface area contributed by atoms with E-state index in [0.717, 1.165) is 0 Å². The molecule has 0 saturated carbocycles. The molecule has 0 fully saturated rings. The van der Waals surface area contributed by atoms with Gasteiger partial charge in [-0.15, -0.1) is 0 Å². The second kappa shape index (κ2) is 5.62. The van der Waals surface area contributed by atoms with Crippen LogP contribution in [0.4, 0.5) is 4.39 Å². The van der Waals surface area contributed by atoms with E-state index in [2.05, 4.69) is 5.32 Å². The SMILES string of the molecule is CNCCC(C)(O)Cc1c(F)cccc1Cl. The van der Waals surface area contributed by atoms with Crippen molar-refractivity contribution in [2.75, 3.05) is 13.6 Å². The summed E-state index contributed by atoms with van der Waals surface area (Å²) in [4.78, 5) is 0. The zero-order chi connectivity index (χ0) is 12.2. The van der Waals surface area contributed by atoms with E-state index in [-0.39, 0.29) is 12.2 Å². The van der Waals surface area contributed by atoms with Gasteiger partial charge in [0.25, 0.3) is 0 Å². The quantitative estimate of drug-likeness (QED) is 0.835. The Morgan fingerprint density at radius 3 is 2.75 bits per heavy atom. The van der Waals surface area contributed by atoms with E-state index in [1.807, 2.05) is 7.05 Å². The van der Waals surface area contributed by atoms with Gasteiger partial charge >= 0.3 is 0 Å². The Balaban J connectivity index is 2.79. The molecule has 0 radical (unpaired) electrons. The van der Waals surface area contributed by atoms with Gasteiger partial charge in [0.2, 0.25) is 0 Å². The number of halogens is 2. The van der Waals surface area contributed by atoms with Gasteiger partial charge in [-0.2, -0.15) is 0 Å². The molecule has 1 atom stereocenters. The summed E-state index contributed by atoms with van der Waals surface area (Å²) >= 11 is 5.90. The van der Waals surface area contributed by atoms with Crippen LogP contribution in [0, 0.1) is 5.82 Å². The van der Waals surface area contributed by atoms with E-state index < -0.39 is 5.60 Å². The van der Waals surface area contributed by atoms with Gasteiger partial charge in [0, 0.05) is 17.0 Å². The molecule has 2 N–H and O–H groups in total. The van der Waals surface area contributed by atoms with Gasteiger partial charge in [-0.25, -0.2) is 4.39 Å². The first-order valence-electron chi connectivity index (χ1n) is 5.26. The number of hydrogen-bond acceptors (Lipinski definition) is 2. The van der Waals surface area contributed by atoms with Crippen molar-refractivity contribution in [3.63, 3.8) is 0 Å². The van der Waals surface area contributed by atoms with Crippen molar-refractivity contribution in [3.05, 3.63) is 34.6 Å². The van der Waals surface area contributed by atoms with E-state index in [1.165, 1.54) is 6.07 Å². The number of benzene rings is 1. The predicted octanol–water partition coefficient (Wildman–Crippen LogP) is 2.38. The first kappa shape index (κ1) is 13.4. The Morgan fingerprint density at radius 1 is 1.50 bits per heavy atom. The maximum Gasteiger partial charge on any atom is 0.127 e. The van der Waals surface area contributed by atoms with Gasteiger partial charge in [0.05, 0.1) is 5.60 Å². The van der Waals surface area contributed by atoms with Crippen molar-refractivity contribution in [1.29, 1.82) is 0 Å². The van der Waals surface area contributed by atoms with Crippen LogP contribution < -0.4 is 5.32 Å². The second-order valence-corrected chi connectivity index (χ2v) is 4.63. The Hall–Kier alpha value is -0.640. The summed E-state index contributed by atoms with van der Waals surface area (Å²) in [6.45, 7) is 2.37. The van der Waals surface area contributed by atoms with Crippen LogP contribution >= 0.6 is 11.6 Å². The molecule has 16 heavy (non-hydrogen) atoms. The molecule has 0 aliphatic carbocycles. The number of hydrogen-bond donors (Lipinski definition) is 2. The Morgan fingerprint density at radius 2 is 2.19 bits per heavy atom. The Bertz CT molecular complexity index is 335. The minimum absolute atomic E-state index is 0.222. The third-order valence-corrected chi connectivity index (χ3v) is 2.89. The maximum atomic E-state index is 13.5. The van der Waals surface area contributed by atoms with E-state index in [4.69, 9.17) is 11.6 Å². The average Bonchev–Trinajstić information content (AvgIpc) is 2.21. The lowest BCUT2D eigenvalue weighted by atomic mass is 9.93. The maximum absolute atomic E-state index is 13.5. The fourth-order valence-electron chi connectivity index (χ4n) is 1.56. The molecule has 1 aromatic rings. The molecule has 0 aliphatic heterocycles. The second-order valence-electron chi connectivity index (χ2n) is 4.23. The van der Waals surface area contributed by atoms with Gasteiger partial charge in [0.1, 0.15) is 5.82 Å². The lowest BCUT2D eigenvalue weighted by Crippen LogP contribution is -2.31. The zero-order valence-electron chi connectivity index (χ0n) is 9.56. The van der Waals surface area contributed by atoms with Gasteiger partial charge in [-0.1, -0.05) is 17.7 Å². The predicted molar refractivity (Wildman–Crippen MR) is 64.3 cm³/mol. The van der Waals surface area contributed by atoms with Crippen LogP contribution in [-0.2, 0) is 6.42 Å². The summed E-state index contributed by atoms with van der Waals surface area (Å²) in [6, 6.07) is 4.55. The van der Waals surface area contributed by atoms with Crippen LogP contribution in [0.15, 0.2) is 18.2 Å². The summed E-state index contributed by atoms with van der Waals surface area (Å²) in [7, 11) is 1.81. The topological polar surface area (TPSA) is 32.3 Å². The van der Waals surface area contributed by atoms with Gasteiger partial charge < -0.3 is 10.4 Å². The minimum Gasteiger partial charge on any atom is -0.390 e. The molecular formula is C12H17ClFNO. The van der Waals surface area contributed by atoms with Gasteiger partial charge in [0.15, 0.2) is 0 Å². The minimum atomic E-state index is -0.950. The van der Waals surface area contributed by atoms with Crippen molar-refractivity contribution in [1.82, 2.24) is 5.32 Å². The molecule has 0 heterocycles. The van der Waals surface area contributed by atoms with Crippen molar-refractivity contribution in [2.45, 2.75) is 25.4 Å². The Labute approximate surface area is 100 Å². The molecular weight excluding hydrogens is 229 g/mol. The molecule has 0 bridgehead atoms. The first-order valence-corrected chi connectivity index (χ1v) is 5.64. The summed E-state index contributed by atoms with van der Waals surface area (Å²) in [6.07, 6.45) is 0.772. The van der Waals surface area contributed by atoms with Crippen LogP contribution in [0.1, 0.15) is 18.9 Å². The summed E-state index contributed by atoms with van der Waals surface area (Å²) in [5.41, 5.74) is -0.570. The lowest BCUT2D eigenvalue weighted by Gasteiger charge is -2.24. The standard InChI is InChI=1S/C12H17ClFNO/c1-12(16,6-7-15-2)8-9-10(13)4-3-5-11(9)14/h3-5,15-16H,6-8H2,1-2H3. The van der Waals surface area contributed by atoms with Crippen molar-refractivity contribution in [3.8, 4) is 0 Å². The highest BCUT2D eigenvalue weighted by Crippen LogP contribution is 2.25. The smallest absolute Gasteiger partial charge is 0.127 e. The highest BCUT2D eigenvalue weighted by atomic mass is 35.5. The summed E-state index contributed by atoms with van der Waals surface area (Å²) in [5.74, 6) is -0.364. The van der Waals surface area contributed by atoms with E-state index in [0.29, 0.717) is 23.6 Å². The molecule has 90 valence electrons. The first-order chi connectivity index (χ1) is 7.46. The largest absolute Gasteiger partial charge is 0.390 e. The Kier molecular flexibility index (Phi) is 4.71. The van der Waals surface area contributed by atoms with E-state index in [9.17, 15) is 9.50 Å². The van der Waals surface area contributed by atoms with Crippen molar-refractivity contribution < 1.29 is 9.50 Å². The molecule has 1 aromatic carbocycles. The monoisotopic (exact) mass is 245 g/mol. The molecule has 0 aromatic heterocycles. The molecule has 0 aliphatic rings. The average molecular weight is 246 g/mol. The van der Waals surface area contributed by atoms with Crippen molar-refractivity contribution in [2.24, 2.45) is 0 Å². The van der Waals surface area contributed by atoms with E-state index in [1.54, 1.807) is 19.1 Å². The molecule has 1 rings (SSSR count). The van der Waals surface area contributed by atoms with Crippen LogP contribution in [0.2, 0.25) is 5.02 Å². The molecule has 0 spiro atoms. The highest BCUT2D eigenvalue weighted by Gasteiger charge is 2.23. The summed E-state index contributed by atoms with van der Waals surface area (Å²) in [5, 5.41) is 13.4. The molecule has 0 amide bonds. The third-order valence-electron chi connectivity index (χ3n) is 2.53. The van der Waals surface area contributed by atoms with Crippen LogP contribution in [0.3, 0.4) is 0 Å². The fraction of sp³-hybridized carbons (Fsp3) is 0.500.